The van der Waals surface area contributed by atoms with Crippen molar-refractivity contribution in [1.29, 1.82) is 0 Å². The average Bonchev–Trinajstić information content (AvgIpc) is 2.74. The lowest BCUT2D eigenvalue weighted by atomic mass is 9.90. The molecular weight excluding hydrogens is 268 g/mol. The number of rotatable bonds is 1. The van der Waals surface area contributed by atoms with Crippen molar-refractivity contribution in [2.45, 2.75) is 45.0 Å². The molecule has 1 fully saturated rings. The van der Waals surface area contributed by atoms with Crippen LogP contribution in [-0.4, -0.2) is 25.9 Å². The van der Waals surface area contributed by atoms with Crippen LogP contribution in [0.4, 0.5) is 0 Å². The molecule has 0 bridgehead atoms. The Hall–Kier alpha value is -1.42. The normalized spacial score (nSPS) is 29.9. The number of fused-ring (bicyclic) bond motifs is 3. The zero-order valence-corrected chi connectivity index (χ0v) is 13.3. The summed E-state index contributed by atoms with van der Waals surface area (Å²) >= 11 is 0. The van der Waals surface area contributed by atoms with E-state index in [-0.39, 0.29) is 23.8 Å². The van der Waals surface area contributed by atoms with E-state index in [0.29, 0.717) is 12.0 Å². The lowest BCUT2D eigenvalue weighted by Gasteiger charge is -2.23. The minimum Gasteiger partial charge on any atom is -0.453 e. The molecular formula is C16H20O3Si. The van der Waals surface area contributed by atoms with Gasteiger partial charge in [0.15, 0.2) is 5.78 Å². The summed E-state index contributed by atoms with van der Waals surface area (Å²) in [6, 6.07) is 0. The molecule has 0 N–H and O–H groups in total. The monoisotopic (exact) mass is 288 g/mol. The average molecular weight is 288 g/mol. The van der Waals surface area contributed by atoms with Gasteiger partial charge in [0.05, 0.1) is 8.07 Å². The van der Waals surface area contributed by atoms with Gasteiger partial charge < -0.3 is 4.74 Å². The van der Waals surface area contributed by atoms with E-state index in [1.165, 1.54) is 0 Å². The first kappa shape index (κ1) is 13.6. The molecule has 1 saturated heterocycles. The standard InChI is InChI=1S/C16H20O3Si/c1-9-11-7-5-6-10-8-12(17)15(20(2,3)4)13(10)14(11)19-16(9)18/h6,11,14H,1,5,7-8H2,2-4H3/t11-,14-/m1/s1. The summed E-state index contributed by atoms with van der Waals surface area (Å²) in [6.07, 6.45) is 4.16. The molecule has 0 unspecified atom stereocenters. The molecule has 0 amide bonds. The Morgan fingerprint density at radius 3 is 2.65 bits per heavy atom. The number of Topliss-reactive ketones (excluding diaryl/α,β-unsaturated/α-hetero) is 1. The molecule has 3 rings (SSSR count). The first-order chi connectivity index (χ1) is 9.30. The molecule has 0 radical (unpaired) electrons. The van der Waals surface area contributed by atoms with Crippen molar-refractivity contribution < 1.29 is 14.3 Å². The Morgan fingerprint density at radius 2 is 2.00 bits per heavy atom. The van der Waals surface area contributed by atoms with Crippen molar-refractivity contribution in [3.8, 4) is 0 Å². The highest BCUT2D eigenvalue weighted by Gasteiger charge is 2.48. The number of carbonyl (C=O) groups is 2. The van der Waals surface area contributed by atoms with Crippen LogP contribution in [0.2, 0.25) is 19.6 Å². The van der Waals surface area contributed by atoms with Crippen LogP contribution in [0.1, 0.15) is 19.3 Å². The Bertz CT molecular complexity index is 589. The zero-order chi connectivity index (χ0) is 14.7. The van der Waals surface area contributed by atoms with Crippen LogP contribution in [0.3, 0.4) is 0 Å². The summed E-state index contributed by atoms with van der Waals surface area (Å²) in [7, 11) is -1.75. The van der Waals surface area contributed by atoms with Gasteiger partial charge in [-0.15, -0.1) is 0 Å². The highest BCUT2D eigenvalue weighted by Crippen LogP contribution is 2.46. The predicted molar refractivity (Wildman–Crippen MR) is 79.8 cm³/mol. The lowest BCUT2D eigenvalue weighted by Crippen LogP contribution is -2.31. The highest BCUT2D eigenvalue weighted by molar-refractivity contribution is 6.87. The SMILES string of the molecule is C=C1C(=O)O[C@H]2C3=C([Si](C)(C)C)C(=O)CC3=CCC[C@H]12. The van der Waals surface area contributed by atoms with Gasteiger partial charge in [0.1, 0.15) is 6.10 Å². The van der Waals surface area contributed by atoms with Gasteiger partial charge in [0, 0.05) is 17.9 Å². The van der Waals surface area contributed by atoms with Crippen LogP contribution in [-0.2, 0) is 14.3 Å². The van der Waals surface area contributed by atoms with Crippen LogP contribution in [0.25, 0.3) is 0 Å². The maximum Gasteiger partial charge on any atom is 0.334 e. The third kappa shape index (κ3) is 1.85. The van der Waals surface area contributed by atoms with E-state index in [9.17, 15) is 9.59 Å². The van der Waals surface area contributed by atoms with Gasteiger partial charge in [-0.25, -0.2) is 4.79 Å². The first-order valence-corrected chi connectivity index (χ1v) is 10.7. The van der Waals surface area contributed by atoms with Crippen molar-refractivity contribution in [1.82, 2.24) is 0 Å². The number of ether oxygens (including phenoxy) is 1. The topological polar surface area (TPSA) is 43.4 Å². The lowest BCUT2D eigenvalue weighted by molar-refractivity contribution is -0.137. The fourth-order valence-electron chi connectivity index (χ4n) is 3.63. The van der Waals surface area contributed by atoms with Crippen molar-refractivity contribution in [2.75, 3.05) is 0 Å². The summed E-state index contributed by atoms with van der Waals surface area (Å²) in [5.41, 5.74) is 2.71. The van der Waals surface area contributed by atoms with E-state index in [4.69, 9.17) is 4.74 Å². The fourth-order valence-corrected chi connectivity index (χ4v) is 5.66. The number of esters is 1. The molecule has 4 heteroatoms. The Kier molecular flexibility index (Phi) is 2.90. The highest BCUT2D eigenvalue weighted by atomic mass is 28.3. The van der Waals surface area contributed by atoms with Crippen molar-refractivity contribution in [2.24, 2.45) is 5.92 Å². The molecule has 2 aliphatic carbocycles. The van der Waals surface area contributed by atoms with Crippen LogP contribution in [0.15, 0.2) is 34.6 Å². The van der Waals surface area contributed by atoms with Crippen molar-refractivity contribution in [3.63, 3.8) is 0 Å². The van der Waals surface area contributed by atoms with Crippen LogP contribution < -0.4 is 0 Å². The molecule has 0 aromatic rings. The van der Waals surface area contributed by atoms with Gasteiger partial charge in [-0.1, -0.05) is 32.3 Å². The smallest absolute Gasteiger partial charge is 0.334 e. The van der Waals surface area contributed by atoms with Crippen LogP contribution >= 0.6 is 0 Å². The number of allylic oxidation sites excluding steroid dienone is 2. The van der Waals surface area contributed by atoms with Crippen LogP contribution in [0.5, 0.6) is 0 Å². The molecule has 1 aliphatic heterocycles. The second kappa shape index (κ2) is 4.28. The molecule has 0 aromatic heterocycles. The van der Waals surface area contributed by atoms with E-state index in [0.717, 1.165) is 29.2 Å². The molecule has 0 aromatic carbocycles. The van der Waals surface area contributed by atoms with Gasteiger partial charge in [0.25, 0.3) is 0 Å². The largest absolute Gasteiger partial charge is 0.453 e. The predicted octanol–water partition coefficient (Wildman–Crippen LogP) is 2.95. The van der Waals surface area contributed by atoms with Gasteiger partial charge >= 0.3 is 5.97 Å². The summed E-state index contributed by atoms with van der Waals surface area (Å²) in [5, 5.41) is 0.975. The maximum atomic E-state index is 12.4. The Balaban J connectivity index is 2.18. The number of hydrogen-bond donors (Lipinski definition) is 0. The number of carbonyl (C=O) groups excluding carboxylic acids is 2. The first-order valence-electron chi connectivity index (χ1n) is 7.17. The number of hydrogen-bond acceptors (Lipinski definition) is 3. The minimum atomic E-state index is -1.75. The van der Waals surface area contributed by atoms with E-state index >= 15 is 0 Å². The zero-order valence-electron chi connectivity index (χ0n) is 12.3. The summed E-state index contributed by atoms with van der Waals surface area (Å²) in [6.45, 7) is 10.4. The van der Waals surface area contributed by atoms with E-state index in [1.807, 2.05) is 0 Å². The summed E-state index contributed by atoms with van der Waals surface area (Å²) < 4.78 is 5.58. The summed E-state index contributed by atoms with van der Waals surface area (Å²) in [5.74, 6) is -0.00819. The van der Waals surface area contributed by atoms with Crippen LogP contribution in [0, 0.1) is 5.92 Å². The quantitative estimate of drug-likeness (QED) is 0.423. The van der Waals surface area contributed by atoms with Gasteiger partial charge in [-0.2, -0.15) is 0 Å². The van der Waals surface area contributed by atoms with E-state index in [1.54, 1.807) is 0 Å². The molecule has 3 nitrogen and oxygen atoms in total. The third-order valence-electron chi connectivity index (χ3n) is 4.46. The fraction of sp³-hybridized carbons (Fsp3) is 0.500. The van der Waals surface area contributed by atoms with E-state index in [2.05, 4.69) is 32.3 Å². The van der Waals surface area contributed by atoms with Crippen molar-refractivity contribution in [3.05, 3.63) is 34.6 Å². The minimum absolute atomic E-state index is 0.0449. The summed E-state index contributed by atoms with van der Waals surface area (Å²) in [4.78, 5) is 24.3. The molecule has 2 atom stereocenters. The molecule has 0 spiro atoms. The molecule has 3 aliphatic rings. The molecule has 106 valence electrons. The second-order valence-corrected chi connectivity index (χ2v) is 11.9. The number of ketones is 1. The molecule has 0 saturated carbocycles. The van der Waals surface area contributed by atoms with Gasteiger partial charge in [-0.3, -0.25) is 4.79 Å². The Morgan fingerprint density at radius 1 is 1.30 bits per heavy atom. The molecule has 1 heterocycles. The second-order valence-electron chi connectivity index (χ2n) is 6.90. The van der Waals surface area contributed by atoms with Gasteiger partial charge in [-0.05, 0) is 29.2 Å². The molecule has 20 heavy (non-hydrogen) atoms. The third-order valence-corrected chi connectivity index (χ3v) is 6.51. The van der Waals surface area contributed by atoms with Gasteiger partial charge in [0.2, 0.25) is 0 Å². The maximum absolute atomic E-state index is 12.4. The van der Waals surface area contributed by atoms with Crippen molar-refractivity contribution >= 4 is 19.8 Å². The Labute approximate surface area is 120 Å². The van der Waals surface area contributed by atoms with E-state index < -0.39 is 8.07 Å².